The van der Waals surface area contributed by atoms with Gasteiger partial charge in [0.15, 0.2) is 0 Å². The van der Waals surface area contributed by atoms with Gasteiger partial charge in [0.05, 0.1) is 5.60 Å². The second-order valence-corrected chi connectivity index (χ2v) is 6.01. The van der Waals surface area contributed by atoms with Gasteiger partial charge >= 0.3 is 0 Å². The van der Waals surface area contributed by atoms with Crippen LogP contribution < -0.4 is 10.1 Å². The van der Waals surface area contributed by atoms with Crippen LogP contribution in [0.25, 0.3) is 0 Å². The zero-order valence-corrected chi connectivity index (χ0v) is 12.3. The first kappa shape index (κ1) is 14.6. The Labute approximate surface area is 119 Å². The lowest BCUT2D eigenvalue weighted by atomic mass is 10.0. The van der Waals surface area contributed by atoms with Crippen molar-refractivity contribution >= 4 is 11.6 Å². The Morgan fingerprint density at radius 2 is 2.32 bits per heavy atom. The van der Waals surface area contributed by atoms with Gasteiger partial charge < -0.3 is 15.2 Å². The van der Waals surface area contributed by atoms with Crippen LogP contribution in [-0.4, -0.2) is 29.9 Å². The third-order valence-corrected chi connectivity index (χ3v) is 3.67. The fourth-order valence-electron chi connectivity index (χ4n) is 2.53. The molecule has 1 aromatic carbocycles. The van der Waals surface area contributed by atoms with E-state index in [1.165, 1.54) is 5.56 Å². The Bertz CT molecular complexity index is 434. The van der Waals surface area contributed by atoms with Crippen molar-refractivity contribution in [2.75, 3.05) is 13.1 Å². The smallest absolute Gasteiger partial charge is 0.123 e. The van der Waals surface area contributed by atoms with Gasteiger partial charge in [0.25, 0.3) is 0 Å². The number of fused-ring (bicyclic) bond motifs is 1. The third-order valence-electron chi connectivity index (χ3n) is 3.43. The van der Waals surface area contributed by atoms with Crippen molar-refractivity contribution < 1.29 is 9.84 Å². The van der Waals surface area contributed by atoms with E-state index in [-0.39, 0.29) is 6.10 Å². The van der Waals surface area contributed by atoms with E-state index in [9.17, 15) is 5.11 Å². The summed E-state index contributed by atoms with van der Waals surface area (Å²) in [5.74, 6) is 0.927. The number of halogens is 1. The minimum Gasteiger partial charge on any atom is -0.488 e. The van der Waals surface area contributed by atoms with E-state index < -0.39 is 5.60 Å². The first-order valence-electron chi connectivity index (χ1n) is 6.88. The molecule has 4 heteroatoms. The molecule has 1 aliphatic rings. The summed E-state index contributed by atoms with van der Waals surface area (Å²) in [7, 11) is 0. The predicted octanol–water partition coefficient (Wildman–Crippen LogP) is 2.78. The van der Waals surface area contributed by atoms with Crippen LogP contribution in [0, 0.1) is 0 Å². The van der Waals surface area contributed by atoms with Crippen LogP contribution in [0.2, 0.25) is 5.02 Å². The molecular weight excluding hydrogens is 262 g/mol. The molecule has 1 aliphatic heterocycles. The maximum Gasteiger partial charge on any atom is 0.123 e. The lowest BCUT2D eigenvalue weighted by Crippen LogP contribution is -2.41. The fourth-order valence-corrected chi connectivity index (χ4v) is 2.73. The van der Waals surface area contributed by atoms with Crippen LogP contribution in [0.5, 0.6) is 5.75 Å². The maximum atomic E-state index is 10.1. The van der Waals surface area contributed by atoms with Crippen LogP contribution in [0.1, 0.15) is 32.3 Å². The van der Waals surface area contributed by atoms with Gasteiger partial charge in [-0.1, -0.05) is 24.9 Å². The van der Waals surface area contributed by atoms with Gasteiger partial charge in [0.1, 0.15) is 11.9 Å². The van der Waals surface area contributed by atoms with E-state index in [0.717, 1.165) is 36.6 Å². The van der Waals surface area contributed by atoms with Crippen LogP contribution in [0.4, 0.5) is 0 Å². The summed E-state index contributed by atoms with van der Waals surface area (Å²) in [4.78, 5) is 0. The van der Waals surface area contributed by atoms with Crippen molar-refractivity contribution in [1.82, 2.24) is 5.32 Å². The molecule has 0 saturated carbocycles. The molecule has 0 amide bonds. The SMILES string of the molecule is CCCC(C)(O)CNCC1Cc2cc(Cl)ccc2O1. The van der Waals surface area contributed by atoms with E-state index in [2.05, 4.69) is 12.2 Å². The summed E-state index contributed by atoms with van der Waals surface area (Å²) >= 11 is 5.97. The summed E-state index contributed by atoms with van der Waals surface area (Å²) < 4.78 is 5.83. The first-order chi connectivity index (χ1) is 9.00. The summed E-state index contributed by atoms with van der Waals surface area (Å²) in [5.41, 5.74) is 0.531. The highest BCUT2D eigenvalue weighted by Gasteiger charge is 2.24. The average Bonchev–Trinajstić information content (AvgIpc) is 2.70. The number of hydrogen-bond donors (Lipinski definition) is 2. The van der Waals surface area contributed by atoms with Crippen LogP contribution in [-0.2, 0) is 6.42 Å². The molecule has 19 heavy (non-hydrogen) atoms. The first-order valence-corrected chi connectivity index (χ1v) is 7.26. The second kappa shape index (κ2) is 6.12. The van der Waals surface area contributed by atoms with Crippen LogP contribution in [0.3, 0.4) is 0 Å². The van der Waals surface area contributed by atoms with Crippen LogP contribution in [0.15, 0.2) is 18.2 Å². The van der Waals surface area contributed by atoms with Gasteiger partial charge in [-0.3, -0.25) is 0 Å². The van der Waals surface area contributed by atoms with Crippen LogP contribution >= 0.6 is 11.6 Å². The lowest BCUT2D eigenvalue weighted by molar-refractivity contribution is 0.0478. The summed E-state index contributed by atoms with van der Waals surface area (Å²) in [6, 6.07) is 5.73. The molecule has 0 aliphatic carbocycles. The molecular formula is C15H22ClNO2. The molecule has 2 rings (SSSR count). The zero-order valence-electron chi connectivity index (χ0n) is 11.6. The number of hydrogen-bond acceptors (Lipinski definition) is 3. The maximum absolute atomic E-state index is 10.1. The Morgan fingerprint density at radius 1 is 1.53 bits per heavy atom. The van der Waals surface area contributed by atoms with Gasteiger partial charge in [-0.15, -0.1) is 0 Å². The normalized spacial score (nSPS) is 20.7. The van der Waals surface area contributed by atoms with Gasteiger partial charge in [0.2, 0.25) is 0 Å². The monoisotopic (exact) mass is 283 g/mol. The average molecular weight is 284 g/mol. The largest absolute Gasteiger partial charge is 0.488 e. The molecule has 0 spiro atoms. The Hall–Kier alpha value is -0.770. The van der Waals surface area contributed by atoms with Gasteiger partial charge in [-0.2, -0.15) is 0 Å². The van der Waals surface area contributed by atoms with Crippen molar-refractivity contribution in [2.45, 2.75) is 44.8 Å². The van der Waals surface area contributed by atoms with E-state index >= 15 is 0 Å². The van der Waals surface area contributed by atoms with E-state index in [0.29, 0.717) is 6.54 Å². The molecule has 0 aromatic heterocycles. The highest BCUT2D eigenvalue weighted by molar-refractivity contribution is 6.30. The molecule has 1 heterocycles. The number of nitrogens with one attached hydrogen (secondary N) is 1. The van der Waals surface area contributed by atoms with Crippen molar-refractivity contribution in [3.63, 3.8) is 0 Å². The molecule has 1 aromatic rings. The summed E-state index contributed by atoms with van der Waals surface area (Å²) in [5, 5.41) is 14.1. The molecule has 0 fully saturated rings. The minimum atomic E-state index is -0.635. The number of benzene rings is 1. The minimum absolute atomic E-state index is 0.130. The zero-order chi connectivity index (χ0) is 13.9. The molecule has 2 unspecified atom stereocenters. The van der Waals surface area contributed by atoms with E-state index in [1.54, 1.807) is 0 Å². The Morgan fingerprint density at radius 3 is 3.05 bits per heavy atom. The predicted molar refractivity (Wildman–Crippen MR) is 78.0 cm³/mol. The van der Waals surface area contributed by atoms with Crippen molar-refractivity contribution in [1.29, 1.82) is 0 Å². The molecule has 0 bridgehead atoms. The number of rotatable bonds is 6. The van der Waals surface area contributed by atoms with E-state index in [4.69, 9.17) is 16.3 Å². The fraction of sp³-hybridized carbons (Fsp3) is 0.600. The lowest BCUT2D eigenvalue weighted by Gasteiger charge is -2.24. The van der Waals surface area contributed by atoms with Crippen molar-refractivity contribution in [3.05, 3.63) is 28.8 Å². The Balaban J connectivity index is 1.78. The Kier molecular flexibility index (Phi) is 4.71. The number of aliphatic hydroxyl groups is 1. The second-order valence-electron chi connectivity index (χ2n) is 5.57. The van der Waals surface area contributed by atoms with Gasteiger partial charge in [-0.25, -0.2) is 0 Å². The quantitative estimate of drug-likeness (QED) is 0.843. The summed E-state index contributed by atoms with van der Waals surface area (Å²) in [6.45, 7) is 5.28. The third kappa shape index (κ3) is 4.10. The molecule has 0 radical (unpaired) electrons. The molecule has 2 atom stereocenters. The molecule has 2 N–H and O–H groups in total. The topological polar surface area (TPSA) is 41.5 Å². The highest BCUT2D eigenvalue weighted by atomic mass is 35.5. The molecule has 3 nitrogen and oxygen atoms in total. The molecule has 106 valence electrons. The van der Waals surface area contributed by atoms with Crippen molar-refractivity contribution in [2.24, 2.45) is 0 Å². The molecule has 0 saturated heterocycles. The van der Waals surface area contributed by atoms with Gasteiger partial charge in [0, 0.05) is 24.5 Å². The summed E-state index contributed by atoms with van der Waals surface area (Å²) in [6.07, 6.45) is 2.80. The highest BCUT2D eigenvalue weighted by Crippen LogP contribution is 2.30. The van der Waals surface area contributed by atoms with Gasteiger partial charge in [-0.05, 0) is 37.1 Å². The number of ether oxygens (including phenoxy) is 1. The standard InChI is InChI=1S/C15H22ClNO2/c1-3-6-15(2,18)10-17-9-13-8-11-7-12(16)4-5-14(11)19-13/h4-5,7,13,17-18H,3,6,8-10H2,1-2H3. The van der Waals surface area contributed by atoms with Crippen molar-refractivity contribution in [3.8, 4) is 5.75 Å². The van der Waals surface area contributed by atoms with E-state index in [1.807, 2.05) is 25.1 Å².